The SMILES string of the molecule is N#Cc1ccc2c(c1)[C@H](O)[C@H](C1c3ccccc3-c3cncn31)CC2. The second-order valence-electron chi connectivity index (χ2n) is 6.89. The summed E-state index contributed by atoms with van der Waals surface area (Å²) in [6, 6.07) is 16.3. The van der Waals surface area contributed by atoms with Crippen molar-refractivity contribution >= 4 is 0 Å². The molecule has 122 valence electrons. The summed E-state index contributed by atoms with van der Waals surface area (Å²) in [5.74, 6) is 0.0676. The second kappa shape index (κ2) is 5.30. The first kappa shape index (κ1) is 14.4. The second-order valence-corrected chi connectivity index (χ2v) is 6.89. The smallest absolute Gasteiger partial charge is 0.0991 e. The van der Waals surface area contributed by atoms with Crippen LogP contribution in [0.5, 0.6) is 0 Å². The molecule has 2 heterocycles. The zero-order chi connectivity index (χ0) is 17.0. The first-order valence-electron chi connectivity index (χ1n) is 8.60. The highest BCUT2D eigenvalue weighted by atomic mass is 16.3. The Morgan fingerprint density at radius 1 is 1.16 bits per heavy atom. The molecule has 4 nitrogen and oxygen atoms in total. The predicted molar refractivity (Wildman–Crippen MR) is 93.7 cm³/mol. The number of aliphatic hydroxyl groups excluding tert-OH is 1. The van der Waals surface area contributed by atoms with E-state index >= 15 is 0 Å². The molecule has 0 saturated heterocycles. The molecule has 1 unspecified atom stereocenters. The van der Waals surface area contributed by atoms with Gasteiger partial charge >= 0.3 is 0 Å². The van der Waals surface area contributed by atoms with E-state index in [0.717, 1.165) is 29.7 Å². The van der Waals surface area contributed by atoms with Gasteiger partial charge in [0.05, 0.1) is 42.0 Å². The maximum absolute atomic E-state index is 11.1. The normalized spacial score (nSPS) is 23.4. The fraction of sp³-hybridized carbons (Fsp3) is 0.238. The lowest BCUT2D eigenvalue weighted by Crippen LogP contribution is -2.28. The van der Waals surface area contributed by atoms with E-state index in [1.54, 1.807) is 0 Å². The number of fused-ring (bicyclic) bond motifs is 4. The summed E-state index contributed by atoms with van der Waals surface area (Å²) in [7, 11) is 0. The molecule has 3 atom stereocenters. The molecular formula is C21H17N3O. The van der Waals surface area contributed by atoms with Crippen molar-refractivity contribution in [2.24, 2.45) is 5.92 Å². The van der Waals surface area contributed by atoms with E-state index in [9.17, 15) is 10.4 Å². The topological polar surface area (TPSA) is 61.8 Å². The molecule has 25 heavy (non-hydrogen) atoms. The van der Waals surface area contributed by atoms with Crippen LogP contribution in [0.15, 0.2) is 55.0 Å². The Labute approximate surface area is 146 Å². The zero-order valence-electron chi connectivity index (χ0n) is 13.6. The van der Waals surface area contributed by atoms with E-state index < -0.39 is 6.10 Å². The van der Waals surface area contributed by atoms with Gasteiger partial charge in [-0.3, -0.25) is 0 Å². The zero-order valence-corrected chi connectivity index (χ0v) is 13.6. The maximum Gasteiger partial charge on any atom is 0.0991 e. The summed E-state index contributed by atoms with van der Waals surface area (Å²) in [5.41, 5.74) is 6.23. The van der Waals surface area contributed by atoms with E-state index in [1.165, 1.54) is 11.1 Å². The van der Waals surface area contributed by atoms with Gasteiger partial charge in [0, 0.05) is 11.5 Å². The van der Waals surface area contributed by atoms with Crippen LogP contribution in [-0.4, -0.2) is 14.7 Å². The van der Waals surface area contributed by atoms with Crippen LogP contribution in [-0.2, 0) is 6.42 Å². The largest absolute Gasteiger partial charge is 0.388 e. The summed E-state index contributed by atoms with van der Waals surface area (Å²) in [6.45, 7) is 0. The fourth-order valence-corrected chi connectivity index (χ4v) is 4.52. The standard InChI is InChI=1S/C21H17N3O/c22-10-13-5-6-14-7-8-17(21(25)18(14)9-13)20-16-4-2-1-3-15(16)19-11-23-12-24(19)20/h1-6,9,11-12,17,20-21,25H,7-8H2/t17-,20?,21+/m0/s1. The van der Waals surface area contributed by atoms with Crippen LogP contribution >= 0.6 is 0 Å². The average Bonchev–Trinajstić information content (AvgIpc) is 3.23. The Morgan fingerprint density at radius 2 is 2.04 bits per heavy atom. The molecule has 0 radical (unpaired) electrons. The van der Waals surface area contributed by atoms with Crippen molar-refractivity contribution in [3.63, 3.8) is 0 Å². The van der Waals surface area contributed by atoms with Crippen LogP contribution in [0.3, 0.4) is 0 Å². The average molecular weight is 327 g/mol. The number of hydrogen-bond donors (Lipinski definition) is 1. The summed E-state index contributed by atoms with van der Waals surface area (Å²) >= 11 is 0. The monoisotopic (exact) mass is 327 g/mol. The van der Waals surface area contributed by atoms with Gasteiger partial charge in [-0.25, -0.2) is 4.98 Å². The number of nitrogens with zero attached hydrogens (tertiary/aromatic N) is 3. The number of aromatic nitrogens is 2. The van der Waals surface area contributed by atoms with Gasteiger partial charge in [0.15, 0.2) is 0 Å². The highest BCUT2D eigenvalue weighted by molar-refractivity contribution is 5.69. The molecule has 2 aliphatic rings. The Kier molecular flexibility index (Phi) is 3.06. The Hall–Kier alpha value is -2.90. The van der Waals surface area contributed by atoms with Gasteiger partial charge < -0.3 is 9.67 Å². The molecule has 1 aromatic heterocycles. The lowest BCUT2D eigenvalue weighted by molar-refractivity contribution is 0.0720. The molecule has 3 aromatic rings. The molecule has 1 aliphatic heterocycles. The van der Waals surface area contributed by atoms with Crippen LogP contribution in [0.2, 0.25) is 0 Å². The van der Waals surface area contributed by atoms with E-state index in [4.69, 9.17) is 0 Å². The summed E-state index contributed by atoms with van der Waals surface area (Å²) < 4.78 is 2.19. The molecule has 0 spiro atoms. The number of hydrogen-bond acceptors (Lipinski definition) is 3. The number of rotatable bonds is 1. The summed E-state index contributed by atoms with van der Waals surface area (Å²) in [4.78, 5) is 4.32. The van der Waals surface area contributed by atoms with Gasteiger partial charge in [-0.1, -0.05) is 30.3 Å². The number of benzene rings is 2. The molecule has 0 fully saturated rings. The molecular weight excluding hydrogens is 310 g/mol. The van der Waals surface area contributed by atoms with Crippen molar-refractivity contribution in [3.05, 3.63) is 77.2 Å². The maximum atomic E-state index is 11.1. The molecule has 5 rings (SSSR count). The van der Waals surface area contributed by atoms with Crippen LogP contribution < -0.4 is 0 Å². The van der Waals surface area contributed by atoms with Crippen LogP contribution in [0.1, 0.15) is 40.8 Å². The van der Waals surface area contributed by atoms with Crippen molar-refractivity contribution in [3.8, 4) is 17.3 Å². The third kappa shape index (κ3) is 2.00. The van der Waals surface area contributed by atoms with Crippen molar-refractivity contribution in [2.75, 3.05) is 0 Å². The highest BCUT2D eigenvalue weighted by Gasteiger charge is 2.40. The van der Waals surface area contributed by atoms with E-state index in [-0.39, 0.29) is 12.0 Å². The number of aliphatic hydroxyl groups is 1. The minimum atomic E-state index is -0.580. The Bertz CT molecular complexity index is 1010. The first-order valence-corrected chi connectivity index (χ1v) is 8.60. The minimum Gasteiger partial charge on any atom is -0.388 e. The van der Waals surface area contributed by atoms with E-state index in [2.05, 4.69) is 33.8 Å². The third-order valence-corrected chi connectivity index (χ3v) is 5.67. The third-order valence-electron chi connectivity index (χ3n) is 5.67. The summed E-state index contributed by atoms with van der Waals surface area (Å²) in [6.07, 6.45) is 5.02. The van der Waals surface area contributed by atoms with Crippen LogP contribution in [0.25, 0.3) is 11.3 Å². The van der Waals surface area contributed by atoms with Crippen LogP contribution in [0.4, 0.5) is 0 Å². The molecule has 4 heteroatoms. The molecule has 0 bridgehead atoms. The van der Waals surface area contributed by atoms with Gasteiger partial charge in [0.25, 0.3) is 0 Å². The lowest BCUT2D eigenvalue weighted by atomic mass is 9.75. The van der Waals surface area contributed by atoms with E-state index in [0.29, 0.717) is 5.56 Å². The molecule has 0 saturated carbocycles. The summed E-state index contributed by atoms with van der Waals surface area (Å²) in [5, 5.41) is 20.3. The predicted octanol–water partition coefficient (Wildman–Crippen LogP) is 3.62. The number of nitriles is 1. The molecule has 1 aliphatic carbocycles. The Balaban J connectivity index is 1.62. The minimum absolute atomic E-state index is 0.0676. The van der Waals surface area contributed by atoms with Crippen molar-refractivity contribution < 1.29 is 5.11 Å². The van der Waals surface area contributed by atoms with Gasteiger partial charge in [-0.2, -0.15) is 5.26 Å². The fourth-order valence-electron chi connectivity index (χ4n) is 4.52. The van der Waals surface area contributed by atoms with Crippen molar-refractivity contribution in [2.45, 2.75) is 25.0 Å². The van der Waals surface area contributed by atoms with Crippen molar-refractivity contribution in [1.29, 1.82) is 5.26 Å². The quantitative estimate of drug-likeness (QED) is 0.742. The first-order chi connectivity index (χ1) is 12.3. The van der Waals surface area contributed by atoms with Gasteiger partial charge in [-0.15, -0.1) is 0 Å². The highest BCUT2D eigenvalue weighted by Crippen LogP contribution is 2.49. The van der Waals surface area contributed by atoms with Crippen LogP contribution in [0, 0.1) is 17.2 Å². The number of aryl methyl sites for hydroxylation is 1. The molecule has 2 aromatic carbocycles. The molecule has 1 N–H and O–H groups in total. The number of imidazole rings is 1. The van der Waals surface area contributed by atoms with Crippen molar-refractivity contribution in [1.82, 2.24) is 9.55 Å². The van der Waals surface area contributed by atoms with E-state index in [1.807, 2.05) is 36.8 Å². The van der Waals surface area contributed by atoms with Gasteiger partial charge in [-0.05, 0) is 41.7 Å². The van der Waals surface area contributed by atoms with Gasteiger partial charge in [0.2, 0.25) is 0 Å². The molecule has 0 amide bonds. The van der Waals surface area contributed by atoms with Gasteiger partial charge in [0.1, 0.15) is 0 Å². The Morgan fingerprint density at radius 3 is 2.92 bits per heavy atom. The lowest BCUT2D eigenvalue weighted by Gasteiger charge is -2.35.